The van der Waals surface area contributed by atoms with Crippen LogP contribution < -0.4 is 0 Å². The zero-order valence-corrected chi connectivity index (χ0v) is 18.3. The number of carbonyl (C=O) groups is 2. The molecule has 3 saturated carbocycles. The van der Waals surface area contributed by atoms with Crippen molar-refractivity contribution in [1.82, 2.24) is 0 Å². The van der Waals surface area contributed by atoms with Gasteiger partial charge in [-0.2, -0.15) is 0 Å². The molecule has 0 aromatic rings. The molecule has 8 nitrogen and oxygen atoms in total. The van der Waals surface area contributed by atoms with Crippen molar-refractivity contribution < 1.29 is 43.1 Å². The van der Waals surface area contributed by atoms with E-state index < -0.39 is 60.3 Å². The molecule has 0 amide bonds. The van der Waals surface area contributed by atoms with Gasteiger partial charge in [0, 0.05) is 16.7 Å². The molecule has 172 valence electrons. The van der Waals surface area contributed by atoms with Gasteiger partial charge in [0.1, 0.15) is 12.2 Å². The lowest BCUT2D eigenvalue weighted by molar-refractivity contribution is -0.217. The summed E-state index contributed by atoms with van der Waals surface area (Å²) in [4.78, 5) is 42.5. The number of aliphatic hydroxyl groups excluding tert-OH is 1. The largest absolute Gasteiger partial charge is 0.470 e. The van der Waals surface area contributed by atoms with Crippen LogP contribution in [0.4, 0.5) is 4.39 Å². The number of Topliss-reactive ketones (excluding diaryl/α,β-unsaturated/α-hetero) is 1. The van der Waals surface area contributed by atoms with Crippen LogP contribution in [-0.2, 0) is 18.7 Å². The number of ketones is 2. The second kappa shape index (κ2) is 6.89. The molecule has 3 fully saturated rings. The minimum atomic E-state index is -4.91. The number of alkyl halides is 1. The van der Waals surface area contributed by atoms with E-state index in [0.717, 1.165) is 0 Å². The fourth-order valence-electron chi connectivity index (χ4n) is 6.94. The van der Waals surface area contributed by atoms with Gasteiger partial charge in [0.25, 0.3) is 0 Å². The quantitative estimate of drug-likeness (QED) is 0.467. The number of phosphoric acid groups is 1. The minimum Gasteiger partial charge on any atom is -0.390 e. The van der Waals surface area contributed by atoms with Crippen LogP contribution in [0.25, 0.3) is 0 Å². The zero-order valence-electron chi connectivity index (χ0n) is 17.5. The monoisotopic (exact) mass is 458 g/mol. The lowest BCUT2D eigenvalue weighted by atomic mass is 9.44. The number of carbonyl (C=O) groups excluding carboxylic acids is 2. The Kier molecular flexibility index (Phi) is 5.10. The topological polar surface area (TPSA) is 141 Å². The zero-order chi connectivity index (χ0) is 23.0. The number of allylic oxidation sites excluding steroid dienone is 4. The molecule has 4 aliphatic carbocycles. The van der Waals surface area contributed by atoms with Crippen molar-refractivity contribution in [3.05, 3.63) is 23.8 Å². The number of aliphatic hydroxyl groups is 2. The highest BCUT2D eigenvalue weighted by Crippen LogP contribution is 2.69. The third-order valence-electron chi connectivity index (χ3n) is 8.62. The molecule has 4 aliphatic rings. The average molecular weight is 458 g/mol. The first-order chi connectivity index (χ1) is 14.2. The summed E-state index contributed by atoms with van der Waals surface area (Å²) in [7, 11) is -4.91. The second-order valence-corrected chi connectivity index (χ2v) is 11.1. The van der Waals surface area contributed by atoms with Crippen molar-refractivity contribution in [2.24, 2.45) is 22.7 Å². The molecule has 7 atom stereocenters. The van der Waals surface area contributed by atoms with Gasteiger partial charge in [0.2, 0.25) is 0 Å². The summed E-state index contributed by atoms with van der Waals surface area (Å²) in [6, 6.07) is 0. The summed E-state index contributed by atoms with van der Waals surface area (Å²) >= 11 is 0. The van der Waals surface area contributed by atoms with Crippen LogP contribution in [0.3, 0.4) is 0 Å². The van der Waals surface area contributed by atoms with Crippen molar-refractivity contribution in [2.75, 3.05) is 6.61 Å². The van der Waals surface area contributed by atoms with Crippen LogP contribution in [0.15, 0.2) is 23.8 Å². The van der Waals surface area contributed by atoms with Crippen molar-refractivity contribution >= 4 is 19.4 Å². The number of fused-ring (bicyclic) bond motifs is 5. The van der Waals surface area contributed by atoms with Crippen LogP contribution in [-0.4, -0.2) is 55.5 Å². The second-order valence-electron chi connectivity index (χ2n) is 9.85. The van der Waals surface area contributed by atoms with Crippen molar-refractivity contribution in [1.29, 1.82) is 0 Å². The Morgan fingerprint density at radius 1 is 1.29 bits per heavy atom. The van der Waals surface area contributed by atoms with E-state index in [-0.39, 0.29) is 18.6 Å². The van der Waals surface area contributed by atoms with E-state index >= 15 is 4.39 Å². The molecule has 0 bridgehead atoms. The maximum absolute atomic E-state index is 16.9. The smallest absolute Gasteiger partial charge is 0.390 e. The first-order valence-electron chi connectivity index (χ1n) is 10.5. The third kappa shape index (κ3) is 3.01. The Morgan fingerprint density at radius 2 is 1.97 bits per heavy atom. The van der Waals surface area contributed by atoms with Gasteiger partial charge in [0.05, 0.1) is 6.10 Å². The van der Waals surface area contributed by atoms with E-state index in [0.29, 0.717) is 24.8 Å². The number of hydrogen-bond donors (Lipinski definition) is 4. The van der Waals surface area contributed by atoms with E-state index in [1.165, 1.54) is 18.2 Å². The third-order valence-corrected chi connectivity index (χ3v) is 9.08. The number of hydrogen-bond acceptors (Lipinski definition) is 6. The standard InChI is InChI=1S/C21H28FO8P/c1-18-7-5-13(23)9-12(18)3-4-15-14-6-8-20(26,17(25)11-30-31(27,28)29)19(14,2)10-16(24)21(15,18)22/h5,7,9,14-16,24,26H,3-4,6,8,10-11H2,1-2H3,(H2,27,28,29). The van der Waals surface area contributed by atoms with E-state index in [1.807, 2.05) is 0 Å². The van der Waals surface area contributed by atoms with Crippen LogP contribution >= 0.6 is 7.82 Å². The number of halogens is 1. The van der Waals surface area contributed by atoms with Crippen LogP contribution in [0.5, 0.6) is 0 Å². The average Bonchev–Trinajstić information content (AvgIpc) is 2.93. The van der Waals surface area contributed by atoms with Crippen LogP contribution in [0.2, 0.25) is 0 Å². The van der Waals surface area contributed by atoms with E-state index in [9.17, 15) is 24.4 Å². The van der Waals surface area contributed by atoms with Gasteiger partial charge in [-0.05, 0) is 57.1 Å². The predicted molar refractivity (Wildman–Crippen MR) is 106 cm³/mol. The predicted octanol–water partition coefficient (Wildman–Crippen LogP) is 1.77. The Balaban J connectivity index is 1.70. The van der Waals surface area contributed by atoms with Crippen molar-refractivity contribution in [2.45, 2.75) is 63.3 Å². The van der Waals surface area contributed by atoms with E-state index in [1.54, 1.807) is 13.8 Å². The molecular formula is C21H28FO8P. The molecule has 0 aliphatic heterocycles. The van der Waals surface area contributed by atoms with Gasteiger partial charge in [-0.3, -0.25) is 14.1 Å². The summed E-state index contributed by atoms with van der Waals surface area (Å²) in [6.07, 6.45) is 3.73. The SMILES string of the molecule is CC12C=CC(=O)C=C1CCC1C3CCC(O)(C(=O)COP(=O)(O)O)C3(C)CC(O)C12F. The molecule has 7 unspecified atom stereocenters. The maximum Gasteiger partial charge on any atom is 0.470 e. The Labute approximate surface area is 179 Å². The summed E-state index contributed by atoms with van der Waals surface area (Å²) in [5.41, 5.74) is -5.78. The summed E-state index contributed by atoms with van der Waals surface area (Å²) in [5.74, 6) is -2.19. The molecule has 0 radical (unpaired) electrons. The van der Waals surface area contributed by atoms with Gasteiger partial charge in [-0.1, -0.05) is 18.6 Å². The highest BCUT2D eigenvalue weighted by Gasteiger charge is 2.74. The van der Waals surface area contributed by atoms with E-state index in [4.69, 9.17) is 9.79 Å². The molecule has 31 heavy (non-hydrogen) atoms. The summed E-state index contributed by atoms with van der Waals surface area (Å²) in [6.45, 7) is 2.34. The fourth-order valence-corrected chi connectivity index (χ4v) is 7.22. The molecule has 0 spiro atoms. The van der Waals surface area contributed by atoms with Crippen molar-refractivity contribution in [3.63, 3.8) is 0 Å². The van der Waals surface area contributed by atoms with E-state index in [2.05, 4.69) is 4.52 Å². The molecule has 4 rings (SSSR count). The lowest BCUT2D eigenvalue weighted by Gasteiger charge is -2.62. The van der Waals surface area contributed by atoms with Gasteiger partial charge in [-0.25, -0.2) is 8.96 Å². The van der Waals surface area contributed by atoms with Crippen molar-refractivity contribution in [3.8, 4) is 0 Å². The highest BCUT2D eigenvalue weighted by atomic mass is 31.2. The normalized spacial score (nSPS) is 46.7. The highest BCUT2D eigenvalue weighted by molar-refractivity contribution is 7.46. The Bertz CT molecular complexity index is 942. The molecule has 0 heterocycles. The summed E-state index contributed by atoms with van der Waals surface area (Å²) in [5, 5.41) is 22.5. The Morgan fingerprint density at radius 3 is 2.61 bits per heavy atom. The van der Waals surface area contributed by atoms with Crippen LogP contribution in [0.1, 0.15) is 46.0 Å². The number of phosphoric ester groups is 1. The van der Waals surface area contributed by atoms with Gasteiger partial charge in [-0.15, -0.1) is 0 Å². The lowest BCUT2D eigenvalue weighted by Crippen LogP contribution is -2.69. The van der Waals surface area contributed by atoms with Gasteiger partial charge < -0.3 is 20.0 Å². The van der Waals surface area contributed by atoms with Crippen LogP contribution in [0, 0.1) is 22.7 Å². The summed E-state index contributed by atoms with van der Waals surface area (Å²) < 4.78 is 32.2. The fraction of sp³-hybridized carbons (Fsp3) is 0.714. The number of rotatable bonds is 4. The van der Waals surface area contributed by atoms with Gasteiger partial charge >= 0.3 is 7.82 Å². The van der Waals surface area contributed by atoms with Gasteiger partial charge in [0.15, 0.2) is 17.2 Å². The molecule has 10 heteroatoms. The molecule has 0 saturated heterocycles. The molecular weight excluding hydrogens is 430 g/mol. The maximum atomic E-state index is 16.9. The molecule has 0 aromatic carbocycles. The Hall–Kier alpha value is -1.22. The molecule has 0 aromatic heterocycles. The minimum absolute atomic E-state index is 0.00937. The molecule has 4 N–H and O–H groups in total. The first-order valence-corrected chi connectivity index (χ1v) is 12.0. The first kappa shape index (κ1) is 23.0.